The molecule has 1 aromatic rings. The van der Waals surface area contributed by atoms with Crippen LogP contribution in [0.15, 0.2) is 18.2 Å². The Balaban J connectivity index is 2.08. The number of nitrogens with one attached hydrogen (secondary N) is 1. The van der Waals surface area contributed by atoms with Gasteiger partial charge in [-0.25, -0.2) is 10.8 Å². The normalized spacial score (nSPS) is 15.4. The Morgan fingerprint density at radius 1 is 1.45 bits per heavy atom. The zero-order valence-electron chi connectivity index (χ0n) is 10.7. The van der Waals surface area contributed by atoms with Gasteiger partial charge in [-0.05, 0) is 25.0 Å². The van der Waals surface area contributed by atoms with Crippen LogP contribution < -0.4 is 11.3 Å². The van der Waals surface area contributed by atoms with Gasteiger partial charge < -0.3 is 0 Å². The van der Waals surface area contributed by atoms with Crippen molar-refractivity contribution in [1.29, 1.82) is 0 Å². The molecule has 0 spiro atoms. The second-order valence-corrected chi connectivity index (χ2v) is 4.74. The third-order valence-electron chi connectivity index (χ3n) is 2.98. The molecule has 1 aromatic heterocycles. The Morgan fingerprint density at radius 2 is 2.15 bits per heavy atom. The molecule has 1 aliphatic carbocycles. The summed E-state index contributed by atoms with van der Waals surface area (Å²) in [6.45, 7) is -0.900. The van der Waals surface area contributed by atoms with Crippen molar-refractivity contribution in [1.82, 2.24) is 15.3 Å². The fourth-order valence-corrected chi connectivity index (χ4v) is 1.96. The Kier molecular flexibility index (Phi) is 4.24. The van der Waals surface area contributed by atoms with Gasteiger partial charge in [-0.2, -0.15) is 13.2 Å². The van der Waals surface area contributed by atoms with E-state index in [4.69, 9.17) is 5.84 Å². The van der Waals surface area contributed by atoms with Crippen molar-refractivity contribution in [3.05, 3.63) is 29.6 Å². The van der Waals surface area contributed by atoms with Gasteiger partial charge in [0.1, 0.15) is 5.69 Å². The molecule has 1 aliphatic rings. The first-order valence-corrected chi connectivity index (χ1v) is 6.17. The van der Waals surface area contributed by atoms with Crippen molar-refractivity contribution < 1.29 is 18.0 Å². The SMILES string of the molecule is NNC(=O)c1cccc(CN(CC(F)(F)F)C2CC2)n1. The highest BCUT2D eigenvalue weighted by atomic mass is 19.4. The van der Waals surface area contributed by atoms with Crippen molar-refractivity contribution >= 4 is 5.91 Å². The minimum absolute atomic E-state index is 0.0505. The number of amides is 1. The molecule has 1 amide bonds. The summed E-state index contributed by atoms with van der Waals surface area (Å²) >= 11 is 0. The molecule has 0 unspecified atom stereocenters. The monoisotopic (exact) mass is 288 g/mol. The molecule has 8 heteroatoms. The number of carbonyl (C=O) groups excluding carboxylic acids is 1. The summed E-state index contributed by atoms with van der Waals surface area (Å²) in [6.07, 6.45) is -2.72. The second kappa shape index (κ2) is 5.76. The minimum Gasteiger partial charge on any atom is -0.289 e. The summed E-state index contributed by atoms with van der Waals surface area (Å²) in [4.78, 5) is 16.7. The summed E-state index contributed by atoms with van der Waals surface area (Å²) in [5.74, 6) is 4.43. The average molecular weight is 288 g/mol. The number of hydrazine groups is 1. The van der Waals surface area contributed by atoms with Crippen LogP contribution >= 0.6 is 0 Å². The molecule has 0 bridgehead atoms. The van der Waals surface area contributed by atoms with Crippen molar-refractivity contribution in [3.8, 4) is 0 Å². The Labute approximate surface area is 113 Å². The zero-order valence-corrected chi connectivity index (χ0v) is 10.7. The highest BCUT2D eigenvalue weighted by molar-refractivity contribution is 5.91. The van der Waals surface area contributed by atoms with Gasteiger partial charge in [-0.15, -0.1) is 0 Å². The largest absolute Gasteiger partial charge is 0.401 e. The third-order valence-corrected chi connectivity index (χ3v) is 2.98. The number of hydrogen-bond acceptors (Lipinski definition) is 4. The van der Waals surface area contributed by atoms with Crippen LogP contribution in [0.4, 0.5) is 13.2 Å². The quantitative estimate of drug-likeness (QED) is 0.485. The highest BCUT2D eigenvalue weighted by Gasteiger charge is 2.38. The van der Waals surface area contributed by atoms with Gasteiger partial charge in [0, 0.05) is 12.6 Å². The van der Waals surface area contributed by atoms with Gasteiger partial charge in [0.05, 0.1) is 12.2 Å². The lowest BCUT2D eigenvalue weighted by molar-refractivity contribution is -0.148. The van der Waals surface area contributed by atoms with E-state index in [9.17, 15) is 18.0 Å². The molecule has 20 heavy (non-hydrogen) atoms. The van der Waals surface area contributed by atoms with E-state index in [0.29, 0.717) is 5.69 Å². The minimum atomic E-state index is -4.24. The van der Waals surface area contributed by atoms with Crippen molar-refractivity contribution in [2.75, 3.05) is 6.54 Å². The van der Waals surface area contributed by atoms with Gasteiger partial charge in [-0.1, -0.05) is 6.07 Å². The molecule has 2 rings (SSSR count). The van der Waals surface area contributed by atoms with Gasteiger partial charge in [0.2, 0.25) is 0 Å². The van der Waals surface area contributed by atoms with E-state index in [2.05, 4.69) is 4.98 Å². The molecule has 0 atom stereocenters. The average Bonchev–Trinajstić information content (AvgIpc) is 3.20. The molecule has 0 radical (unpaired) electrons. The maximum Gasteiger partial charge on any atom is 0.401 e. The lowest BCUT2D eigenvalue weighted by Crippen LogP contribution is -2.36. The molecule has 1 heterocycles. The standard InChI is InChI=1S/C12H15F3N4O/c13-12(14,15)7-19(9-4-5-9)6-8-2-1-3-10(17-8)11(20)18-16/h1-3,9H,4-7,16H2,(H,18,20). The van der Waals surface area contributed by atoms with Crippen LogP contribution in [0.1, 0.15) is 29.0 Å². The van der Waals surface area contributed by atoms with Gasteiger partial charge >= 0.3 is 6.18 Å². The predicted molar refractivity (Wildman–Crippen MR) is 65.4 cm³/mol. The number of pyridine rings is 1. The third kappa shape index (κ3) is 4.17. The van der Waals surface area contributed by atoms with Crippen LogP contribution in [-0.4, -0.2) is 34.6 Å². The molecule has 0 aromatic carbocycles. The van der Waals surface area contributed by atoms with E-state index in [1.807, 2.05) is 5.43 Å². The molecule has 5 nitrogen and oxygen atoms in total. The molecule has 0 aliphatic heterocycles. The van der Waals surface area contributed by atoms with Crippen LogP contribution in [0, 0.1) is 0 Å². The molecule has 110 valence electrons. The number of halogens is 3. The first kappa shape index (κ1) is 14.7. The number of hydrogen-bond donors (Lipinski definition) is 2. The first-order valence-electron chi connectivity index (χ1n) is 6.17. The maximum atomic E-state index is 12.5. The maximum absolute atomic E-state index is 12.5. The fraction of sp³-hybridized carbons (Fsp3) is 0.500. The number of nitrogens with zero attached hydrogens (tertiary/aromatic N) is 2. The van der Waals surface area contributed by atoms with Gasteiger partial charge in [-0.3, -0.25) is 15.1 Å². The van der Waals surface area contributed by atoms with Crippen molar-refractivity contribution in [2.45, 2.75) is 31.6 Å². The molecular weight excluding hydrogens is 273 g/mol. The lowest BCUT2D eigenvalue weighted by atomic mass is 10.2. The predicted octanol–water partition coefficient (Wildman–Crippen LogP) is 1.21. The Hall–Kier alpha value is -1.67. The van der Waals surface area contributed by atoms with Crippen LogP contribution in [0.3, 0.4) is 0 Å². The Bertz CT molecular complexity index is 488. The van der Waals surface area contributed by atoms with Crippen LogP contribution in [0.25, 0.3) is 0 Å². The van der Waals surface area contributed by atoms with Gasteiger partial charge in [0.25, 0.3) is 5.91 Å². The van der Waals surface area contributed by atoms with Crippen LogP contribution in [0.2, 0.25) is 0 Å². The summed E-state index contributed by atoms with van der Waals surface area (Å²) in [5.41, 5.74) is 2.45. The second-order valence-electron chi connectivity index (χ2n) is 4.74. The molecular formula is C12H15F3N4O. The van der Waals surface area contributed by atoms with E-state index >= 15 is 0 Å². The number of rotatable bonds is 5. The van der Waals surface area contributed by atoms with Crippen molar-refractivity contribution in [3.63, 3.8) is 0 Å². The van der Waals surface area contributed by atoms with Gasteiger partial charge in [0.15, 0.2) is 0 Å². The molecule has 1 saturated carbocycles. The van der Waals surface area contributed by atoms with E-state index in [-0.39, 0.29) is 18.3 Å². The van der Waals surface area contributed by atoms with E-state index in [1.54, 1.807) is 12.1 Å². The topological polar surface area (TPSA) is 71.2 Å². The summed E-state index contributed by atoms with van der Waals surface area (Å²) in [7, 11) is 0. The number of carbonyl (C=O) groups is 1. The summed E-state index contributed by atoms with van der Waals surface area (Å²) in [6, 6.07) is 4.58. The smallest absolute Gasteiger partial charge is 0.289 e. The molecule has 1 fully saturated rings. The molecule has 3 N–H and O–H groups in total. The van der Waals surface area contributed by atoms with Crippen LogP contribution in [0.5, 0.6) is 0 Å². The summed E-state index contributed by atoms with van der Waals surface area (Å²) < 4.78 is 37.5. The van der Waals surface area contributed by atoms with Crippen molar-refractivity contribution in [2.24, 2.45) is 5.84 Å². The lowest BCUT2D eigenvalue weighted by Gasteiger charge is -2.23. The van der Waals surface area contributed by atoms with Crippen LogP contribution in [-0.2, 0) is 6.54 Å². The Morgan fingerprint density at radius 3 is 2.70 bits per heavy atom. The number of alkyl halides is 3. The number of nitrogen functional groups attached to an aromatic ring is 1. The zero-order chi connectivity index (χ0) is 14.8. The first-order chi connectivity index (χ1) is 9.39. The molecule has 0 saturated heterocycles. The van der Waals surface area contributed by atoms with E-state index in [1.165, 1.54) is 11.0 Å². The number of nitrogens with two attached hydrogens (primary N) is 1. The fourth-order valence-electron chi connectivity index (χ4n) is 1.96. The summed E-state index contributed by atoms with van der Waals surface area (Å²) in [5, 5.41) is 0. The highest BCUT2D eigenvalue weighted by Crippen LogP contribution is 2.31. The number of aromatic nitrogens is 1. The van der Waals surface area contributed by atoms with E-state index < -0.39 is 18.6 Å². The van der Waals surface area contributed by atoms with E-state index in [0.717, 1.165) is 12.8 Å².